The summed E-state index contributed by atoms with van der Waals surface area (Å²) in [5.41, 5.74) is 4.13. The van der Waals surface area contributed by atoms with E-state index in [4.69, 9.17) is 9.47 Å². The minimum absolute atomic E-state index is 0.188. The number of esters is 1. The topological polar surface area (TPSA) is 98.2 Å². The lowest BCUT2D eigenvalue weighted by Crippen LogP contribution is -2.35. The zero-order chi connectivity index (χ0) is 24.4. The molecule has 0 spiro atoms. The predicted molar refractivity (Wildman–Crippen MR) is 135 cm³/mol. The van der Waals surface area contributed by atoms with Crippen molar-refractivity contribution in [2.45, 2.75) is 59.0 Å². The molecule has 0 saturated carbocycles. The molecule has 1 atom stereocenters. The molecule has 1 aliphatic rings. The van der Waals surface area contributed by atoms with Gasteiger partial charge < -0.3 is 23.9 Å². The third-order valence-corrected chi connectivity index (χ3v) is 6.80. The van der Waals surface area contributed by atoms with Crippen LogP contribution < -0.4 is 9.64 Å². The molecule has 9 heteroatoms. The summed E-state index contributed by atoms with van der Waals surface area (Å²) in [6.07, 6.45) is 7.43. The molecule has 1 fully saturated rings. The number of fused-ring (bicyclic) bond motifs is 2. The fraction of sp³-hybridized carbons (Fsp3) is 0.462. The van der Waals surface area contributed by atoms with Crippen molar-refractivity contribution in [1.82, 2.24) is 24.5 Å². The van der Waals surface area contributed by atoms with E-state index >= 15 is 0 Å². The van der Waals surface area contributed by atoms with Crippen LogP contribution in [0.1, 0.15) is 55.6 Å². The molecule has 1 aliphatic heterocycles. The molecular weight excluding hydrogens is 444 g/mol. The Kier molecular flexibility index (Phi) is 6.57. The molecule has 4 aromatic rings. The number of H-pyrrole nitrogens is 1. The SMILES string of the molecule is CCCCn1c(C)c(C(=O)OCC)c2cc(OCC3CCCN3c3ncnc4nc[nH]c34)ccc21. The van der Waals surface area contributed by atoms with Gasteiger partial charge in [-0.25, -0.2) is 19.7 Å². The Hall–Kier alpha value is -3.62. The summed E-state index contributed by atoms with van der Waals surface area (Å²) in [6, 6.07) is 6.22. The normalized spacial score (nSPS) is 15.9. The van der Waals surface area contributed by atoms with Gasteiger partial charge in [0, 0.05) is 29.7 Å². The van der Waals surface area contributed by atoms with Crippen molar-refractivity contribution >= 4 is 33.9 Å². The highest BCUT2D eigenvalue weighted by atomic mass is 16.5. The summed E-state index contributed by atoms with van der Waals surface area (Å²) in [4.78, 5) is 31.3. The molecule has 5 rings (SSSR count). The van der Waals surface area contributed by atoms with E-state index in [2.05, 4.69) is 42.4 Å². The Labute approximate surface area is 204 Å². The molecule has 0 radical (unpaired) electrons. The zero-order valence-electron chi connectivity index (χ0n) is 20.6. The predicted octanol–water partition coefficient (Wildman–Crippen LogP) is 4.64. The van der Waals surface area contributed by atoms with Crippen LogP contribution in [0.15, 0.2) is 30.9 Å². The second-order valence-corrected chi connectivity index (χ2v) is 8.96. The first-order valence-corrected chi connectivity index (χ1v) is 12.5. The van der Waals surface area contributed by atoms with Gasteiger partial charge in [0.15, 0.2) is 11.5 Å². The molecule has 9 nitrogen and oxygen atoms in total. The third-order valence-electron chi connectivity index (χ3n) is 6.80. The summed E-state index contributed by atoms with van der Waals surface area (Å²) in [6.45, 7) is 8.65. The van der Waals surface area contributed by atoms with Crippen LogP contribution >= 0.6 is 0 Å². The number of aromatic amines is 1. The second kappa shape index (κ2) is 9.93. The molecule has 184 valence electrons. The van der Waals surface area contributed by atoms with Crippen LogP contribution in [-0.2, 0) is 11.3 Å². The minimum Gasteiger partial charge on any atom is -0.491 e. The smallest absolute Gasteiger partial charge is 0.340 e. The average molecular weight is 477 g/mol. The Bertz CT molecular complexity index is 1340. The number of rotatable bonds is 9. The van der Waals surface area contributed by atoms with Crippen LogP contribution in [0.25, 0.3) is 22.1 Å². The van der Waals surface area contributed by atoms with E-state index < -0.39 is 0 Å². The number of hydrogen-bond donors (Lipinski definition) is 1. The molecule has 1 saturated heterocycles. The van der Waals surface area contributed by atoms with Crippen molar-refractivity contribution in [3.8, 4) is 5.75 Å². The Balaban J connectivity index is 1.40. The highest BCUT2D eigenvalue weighted by Gasteiger charge is 2.29. The summed E-state index contributed by atoms with van der Waals surface area (Å²) >= 11 is 0. The van der Waals surface area contributed by atoms with Gasteiger partial charge in [-0.05, 0) is 51.3 Å². The molecule has 3 aromatic heterocycles. The number of carbonyl (C=O) groups is 1. The lowest BCUT2D eigenvalue weighted by molar-refractivity contribution is 0.0527. The minimum atomic E-state index is -0.281. The number of ether oxygens (including phenoxy) is 2. The number of aryl methyl sites for hydroxylation is 1. The van der Waals surface area contributed by atoms with Gasteiger partial charge >= 0.3 is 5.97 Å². The Morgan fingerprint density at radius 1 is 1.23 bits per heavy atom. The van der Waals surface area contributed by atoms with E-state index in [-0.39, 0.29) is 12.0 Å². The van der Waals surface area contributed by atoms with Crippen molar-refractivity contribution in [1.29, 1.82) is 0 Å². The number of nitrogens with zero attached hydrogens (tertiary/aromatic N) is 5. The molecule has 4 heterocycles. The Morgan fingerprint density at radius 2 is 2.11 bits per heavy atom. The number of nitrogens with one attached hydrogen (secondary N) is 1. The van der Waals surface area contributed by atoms with Gasteiger partial charge in [-0.1, -0.05) is 13.3 Å². The maximum Gasteiger partial charge on any atom is 0.340 e. The van der Waals surface area contributed by atoms with Crippen molar-refractivity contribution in [3.63, 3.8) is 0 Å². The number of imidazole rings is 1. The number of hydrogen-bond acceptors (Lipinski definition) is 7. The molecule has 1 N–H and O–H groups in total. The lowest BCUT2D eigenvalue weighted by Gasteiger charge is -2.25. The number of benzene rings is 1. The van der Waals surface area contributed by atoms with E-state index in [1.54, 1.807) is 12.7 Å². The number of aromatic nitrogens is 5. The van der Waals surface area contributed by atoms with Crippen molar-refractivity contribution < 1.29 is 14.3 Å². The van der Waals surface area contributed by atoms with Gasteiger partial charge in [0.05, 0.1) is 24.5 Å². The highest BCUT2D eigenvalue weighted by molar-refractivity contribution is 6.06. The second-order valence-electron chi connectivity index (χ2n) is 8.96. The van der Waals surface area contributed by atoms with Crippen LogP contribution in [0.4, 0.5) is 5.82 Å². The fourth-order valence-corrected chi connectivity index (χ4v) is 5.07. The van der Waals surface area contributed by atoms with Crippen molar-refractivity contribution in [2.75, 3.05) is 24.7 Å². The van der Waals surface area contributed by atoms with Crippen molar-refractivity contribution in [2.24, 2.45) is 0 Å². The van der Waals surface area contributed by atoms with Crippen LogP contribution in [0, 0.1) is 6.92 Å². The monoisotopic (exact) mass is 476 g/mol. The molecule has 35 heavy (non-hydrogen) atoms. The van der Waals surface area contributed by atoms with E-state index in [9.17, 15) is 4.79 Å². The van der Waals surface area contributed by atoms with E-state index in [1.165, 1.54) is 0 Å². The standard InChI is InChI=1S/C26H32N6O3/c1-4-6-11-31-17(3)22(26(33)34-5-2)20-13-19(9-10-21(20)31)35-14-18-8-7-12-32(18)25-23-24(28-15-27-23)29-16-30-25/h9-10,13,15-16,18H,4-8,11-12,14H2,1-3H3,(H,27,28,29,30). The zero-order valence-corrected chi connectivity index (χ0v) is 20.6. The molecule has 1 unspecified atom stereocenters. The van der Waals surface area contributed by atoms with Gasteiger partial charge in [0.25, 0.3) is 0 Å². The van der Waals surface area contributed by atoms with Crippen LogP contribution in [0.3, 0.4) is 0 Å². The van der Waals surface area contributed by atoms with E-state index in [0.717, 1.165) is 72.5 Å². The summed E-state index contributed by atoms with van der Waals surface area (Å²) in [7, 11) is 0. The largest absolute Gasteiger partial charge is 0.491 e. The van der Waals surface area contributed by atoms with E-state index in [1.807, 2.05) is 26.0 Å². The lowest BCUT2D eigenvalue weighted by atomic mass is 10.1. The number of carbonyl (C=O) groups excluding carboxylic acids is 1. The first-order valence-electron chi connectivity index (χ1n) is 12.5. The maximum atomic E-state index is 12.8. The summed E-state index contributed by atoms with van der Waals surface area (Å²) < 4.78 is 13.9. The van der Waals surface area contributed by atoms with Gasteiger partial charge in [0.2, 0.25) is 0 Å². The summed E-state index contributed by atoms with van der Waals surface area (Å²) in [5.74, 6) is 1.33. The third kappa shape index (κ3) is 4.31. The molecule has 0 amide bonds. The highest BCUT2D eigenvalue weighted by Crippen LogP contribution is 2.32. The fourth-order valence-electron chi connectivity index (χ4n) is 5.07. The average Bonchev–Trinajstić information content (AvgIpc) is 3.58. The van der Waals surface area contributed by atoms with Gasteiger partial charge in [-0.2, -0.15) is 0 Å². The molecular formula is C26H32N6O3. The van der Waals surface area contributed by atoms with Crippen molar-refractivity contribution in [3.05, 3.63) is 42.1 Å². The van der Waals surface area contributed by atoms with Crippen LogP contribution in [0.5, 0.6) is 5.75 Å². The Morgan fingerprint density at radius 3 is 2.94 bits per heavy atom. The number of anilines is 1. The van der Waals surface area contributed by atoms with Gasteiger partial charge in [-0.3, -0.25) is 0 Å². The maximum absolute atomic E-state index is 12.8. The number of unbranched alkanes of at least 4 members (excludes halogenated alkanes) is 1. The first kappa shape index (κ1) is 23.1. The molecule has 0 aliphatic carbocycles. The molecule has 0 bridgehead atoms. The van der Waals surface area contributed by atoms with Crippen LogP contribution in [0.2, 0.25) is 0 Å². The van der Waals surface area contributed by atoms with Gasteiger partial charge in [-0.15, -0.1) is 0 Å². The molecule has 1 aromatic carbocycles. The van der Waals surface area contributed by atoms with Crippen LogP contribution in [-0.4, -0.2) is 56.3 Å². The first-order chi connectivity index (χ1) is 17.1. The quantitative estimate of drug-likeness (QED) is 0.351. The van der Waals surface area contributed by atoms with E-state index in [0.29, 0.717) is 24.4 Å². The van der Waals surface area contributed by atoms with Gasteiger partial charge in [0.1, 0.15) is 24.2 Å². The summed E-state index contributed by atoms with van der Waals surface area (Å²) in [5, 5.41) is 0.882.